The van der Waals surface area contributed by atoms with Gasteiger partial charge in [-0.25, -0.2) is 12.8 Å². The van der Waals surface area contributed by atoms with Crippen LogP contribution in [0.3, 0.4) is 0 Å². The van der Waals surface area contributed by atoms with Crippen molar-refractivity contribution in [1.82, 2.24) is 4.90 Å². The normalized spacial score (nSPS) is 18.6. The number of rotatable bonds is 6. The van der Waals surface area contributed by atoms with Crippen LogP contribution in [0.5, 0.6) is 0 Å². The van der Waals surface area contributed by atoms with Crippen LogP contribution in [0.1, 0.15) is 12.0 Å². The number of sulfone groups is 1. The zero-order chi connectivity index (χ0) is 18.6. The monoisotopic (exact) mass is 393 g/mol. The van der Waals surface area contributed by atoms with Crippen molar-refractivity contribution in [2.24, 2.45) is 0 Å². The third-order valence-electron chi connectivity index (χ3n) is 4.34. The number of carbonyl (C=O) groups excluding carboxylic acids is 1. The molecule has 0 aromatic heterocycles. The summed E-state index contributed by atoms with van der Waals surface area (Å²) in [6, 6.07) is 15.3. The summed E-state index contributed by atoms with van der Waals surface area (Å²) in [4.78, 5) is 15.3. The Morgan fingerprint density at radius 1 is 1.12 bits per heavy atom. The molecule has 1 amide bonds. The van der Waals surface area contributed by atoms with Crippen LogP contribution in [0.15, 0.2) is 59.5 Å². The van der Waals surface area contributed by atoms with E-state index in [9.17, 15) is 17.6 Å². The maximum Gasteiger partial charge on any atom is 0.233 e. The molecule has 0 saturated carbocycles. The van der Waals surface area contributed by atoms with Gasteiger partial charge < -0.3 is 4.90 Å². The van der Waals surface area contributed by atoms with Gasteiger partial charge in [0.15, 0.2) is 9.84 Å². The molecule has 0 bridgehead atoms. The lowest BCUT2D eigenvalue weighted by Gasteiger charge is -2.28. The molecule has 4 nitrogen and oxygen atoms in total. The molecule has 0 spiro atoms. The summed E-state index contributed by atoms with van der Waals surface area (Å²) in [6.45, 7) is 0.393. The number of nitrogens with zero attached hydrogens (tertiary/aromatic N) is 1. The molecule has 0 aliphatic carbocycles. The van der Waals surface area contributed by atoms with E-state index in [0.29, 0.717) is 13.0 Å². The van der Waals surface area contributed by atoms with Crippen molar-refractivity contribution in [3.05, 3.63) is 66.0 Å². The SMILES string of the molecule is O=C(CSc1ccc(F)cc1)N(Cc1ccccc1)[C@@H]1CCS(=O)(=O)C1. The Kier molecular flexibility index (Phi) is 5.98. The predicted octanol–water partition coefficient (Wildman–Crippen LogP) is 3.13. The van der Waals surface area contributed by atoms with E-state index in [1.165, 1.54) is 23.9 Å². The Morgan fingerprint density at radius 3 is 2.42 bits per heavy atom. The Labute approximate surface area is 157 Å². The number of carbonyl (C=O) groups is 1. The Balaban J connectivity index is 1.71. The minimum atomic E-state index is -3.08. The largest absolute Gasteiger partial charge is 0.334 e. The number of hydrogen-bond acceptors (Lipinski definition) is 4. The molecule has 1 aliphatic rings. The van der Waals surface area contributed by atoms with Crippen LogP contribution in [-0.4, -0.2) is 42.5 Å². The second kappa shape index (κ2) is 8.22. The molecule has 1 fully saturated rings. The molecule has 2 aromatic carbocycles. The minimum absolute atomic E-state index is 0.0206. The summed E-state index contributed by atoms with van der Waals surface area (Å²) in [6.07, 6.45) is 0.474. The highest BCUT2D eigenvalue weighted by atomic mass is 32.2. The van der Waals surface area contributed by atoms with Gasteiger partial charge in [-0.3, -0.25) is 4.79 Å². The lowest BCUT2D eigenvalue weighted by molar-refractivity contribution is -0.130. The number of amides is 1. The molecular formula is C19H20FNO3S2. The summed E-state index contributed by atoms with van der Waals surface area (Å²) in [5, 5.41) is 0. The van der Waals surface area contributed by atoms with Crippen LogP contribution in [-0.2, 0) is 21.2 Å². The van der Waals surface area contributed by atoms with E-state index < -0.39 is 9.84 Å². The summed E-state index contributed by atoms with van der Waals surface area (Å²) in [5.41, 5.74) is 0.969. The van der Waals surface area contributed by atoms with Crippen molar-refractivity contribution in [2.45, 2.75) is 23.9 Å². The first kappa shape index (κ1) is 18.9. The fourth-order valence-electron chi connectivity index (χ4n) is 2.98. The zero-order valence-corrected chi connectivity index (χ0v) is 15.8. The number of halogens is 1. The summed E-state index contributed by atoms with van der Waals surface area (Å²) in [7, 11) is -3.08. The Morgan fingerprint density at radius 2 is 1.81 bits per heavy atom. The van der Waals surface area contributed by atoms with E-state index in [0.717, 1.165) is 10.5 Å². The van der Waals surface area contributed by atoms with Crippen molar-refractivity contribution in [1.29, 1.82) is 0 Å². The van der Waals surface area contributed by atoms with Gasteiger partial charge in [0, 0.05) is 17.5 Å². The fraction of sp³-hybridized carbons (Fsp3) is 0.316. The van der Waals surface area contributed by atoms with E-state index in [4.69, 9.17) is 0 Å². The van der Waals surface area contributed by atoms with Crippen molar-refractivity contribution in [3.63, 3.8) is 0 Å². The molecule has 138 valence electrons. The van der Waals surface area contributed by atoms with Crippen molar-refractivity contribution >= 4 is 27.5 Å². The number of hydrogen-bond donors (Lipinski definition) is 0. The van der Waals surface area contributed by atoms with Gasteiger partial charge in [-0.15, -0.1) is 11.8 Å². The molecule has 26 heavy (non-hydrogen) atoms. The lowest BCUT2D eigenvalue weighted by Crippen LogP contribution is -2.41. The van der Waals surface area contributed by atoms with Gasteiger partial charge >= 0.3 is 0 Å². The third-order valence-corrected chi connectivity index (χ3v) is 7.09. The quantitative estimate of drug-likeness (QED) is 0.708. The second-order valence-corrected chi connectivity index (χ2v) is 9.58. The standard InChI is InChI=1S/C19H20FNO3S2/c20-16-6-8-18(9-7-16)25-13-19(22)21(12-15-4-2-1-3-5-15)17-10-11-26(23,24)14-17/h1-9,17H,10-14H2/t17-/m1/s1. The molecule has 1 saturated heterocycles. The predicted molar refractivity (Wildman–Crippen MR) is 101 cm³/mol. The molecule has 0 unspecified atom stereocenters. The minimum Gasteiger partial charge on any atom is -0.334 e. The van der Waals surface area contributed by atoms with Gasteiger partial charge in [0.1, 0.15) is 5.82 Å². The van der Waals surface area contributed by atoms with Gasteiger partial charge in [-0.1, -0.05) is 30.3 Å². The fourth-order valence-corrected chi connectivity index (χ4v) is 5.50. The molecule has 2 aromatic rings. The maximum absolute atomic E-state index is 13.0. The van der Waals surface area contributed by atoms with Gasteiger partial charge in [-0.2, -0.15) is 0 Å². The van der Waals surface area contributed by atoms with Gasteiger partial charge in [-0.05, 0) is 36.2 Å². The van der Waals surface area contributed by atoms with Gasteiger partial charge in [0.25, 0.3) is 0 Å². The highest BCUT2D eigenvalue weighted by Gasteiger charge is 2.34. The lowest BCUT2D eigenvalue weighted by atomic mass is 10.1. The van der Waals surface area contributed by atoms with Crippen LogP contribution >= 0.6 is 11.8 Å². The third kappa shape index (κ3) is 5.08. The molecule has 3 rings (SSSR count). The Hall–Kier alpha value is -1.86. The van der Waals surface area contributed by atoms with Crippen molar-refractivity contribution < 1.29 is 17.6 Å². The number of thioether (sulfide) groups is 1. The molecule has 1 atom stereocenters. The number of benzene rings is 2. The molecular weight excluding hydrogens is 373 g/mol. The molecule has 0 N–H and O–H groups in total. The highest BCUT2D eigenvalue weighted by Crippen LogP contribution is 2.23. The van der Waals surface area contributed by atoms with Crippen LogP contribution in [0.2, 0.25) is 0 Å². The topological polar surface area (TPSA) is 54.5 Å². The van der Waals surface area contributed by atoms with E-state index >= 15 is 0 Å². The molecule has 7 heteroatoms. The van der Waals surface area contributed by atoms with E-state index in [1.54, 1.807) is 17.0 Å². The van der Waals surface area contributed by atoms with E-state index in [1.807, 2.05) is 30.3 Å². The van der Waals surface area contributed by atoms with E-state index in [-0.39, 0.29) is 35.0 Å². The summed E-state index contributed by atoms with van der Waals surface area (Å²) < 4.78 is 36.7. The van der Waals surface area contributed by atoms with Crippen molar-refractivity contribution in [2.75, 3.05) is 17.3 Å². The molecule has 1 aliphatic heterocycles. The first-order valence-electron chi connectivity index (χ1n) is 8.35. The smallest absolute Gasteiger partial charge is 0.233 e. The van der Waals surface area contributed by atoms with Gasteiger partial charge in [0.05, 0.1) is 17.3 Å². The summed E-state index contributed by atoms with van der Waals surface area (Å²) in [5.74, 6) is -0.0869. The highest BCUT2D eigenvalue weighted by molar-refractivity contribution is 8.00. The zero-order valence-electron chi connectivity index (χ0n) is 14.2. The Bertz CT molecular complexity index is 854. The average Bonchev–Trinajstić information content (AvgIpc) is 2.99. The molecule has 0 radical (unpaired) electrons. The molecule has 1 heterocycles. The second-order valence-electron chi connectivity index (χ2n) is 6.31. The maximum atomic E-state index is 13.0. The van der Waals surface area contributed by atoms with Crippen LogP contribution in [0.25, 0.3) is 0 Å². The van der Waals surface area contributed by atoms with Gasteiger partial charge in [0.2, 0.25) is 5.91 Å². The van der Waals surface area contributed by atoms with Crippen LogP contribution in [0.4, 0.5) is 4.39 Å². The summed E-state index contributed by atoms with van der Waals surface area (Å²) >= 11 is 1.33. The van der Waals surface area contributed by atoms with Crippen LogP contribution in [0, 0.1) is 5.82 Å². The van der Waals surface area contributed by atoms with Crippen molar-refractivity contribution in [3.8, 4) is 0 Å². The first-order valence-corrected chi connectivity index (χ1v) is 11.2. The first-order chi connectivity index (χ1) is 12.4. The van der Waals surface area contributed by atoms with E-state index in [2.05, 4.69) is 0 Å². The average molecular weight is 394 g/mol. The van der Waals surface area contributed by atoms with Crippen LogP contribution < -0.4 is 0 Å².